The minimum atomic E-state index is -4.50. The lowest BCUT2D eigenvalue weighted by molar-refractivity contribution is -0.137. The van der Waals surface area contributed by atoms with Gasteiger partial charge in [-0.15, -0.1) is 0 Å². The van der Waals surface area contributed by atoms with Gasteiger partial charge in [0.2, 0.25) is 0 Å². The smallest absolute Gasteiger partial charge is 0.418 e. The molecule has 0 atom stereocenters. The van der Waals surface area contributed by atoms with Crippen LogP contribution >= 0.6 is 0 Å². The molecule has 7 heteroatoms. The van der Waals surface area contributed by atoms with Crippen molar-refractivity contribution in [2.75, 3.05) is 7.11 Å². The van der Waals surface area contributed by atoms with Gasteiger partial charge in [-0.1, -0.05) is 12.1 Å². The fraction of sp³-hybridized carbons (Fsp3) is 0.118. The van der Waals surface area contributed by atoms with Crippen LogP contribution in [0.1, 0.15) is 11.1 Å². The number of benzene rings is 2. The highest BCUT2D eigenvalue weighted by atomic mass is 19.4. The van der Waals surface area contributed by atoms with Crippen molar-refractivity contribution in [3.05, 3.63) is 53.6 Å². The van der Waals surface area contributed by atoms with E-state index in [-0.39, 0.29) is 11.6 Å². The number of aromatic hydroxyl groups is 1. The van der Waals surface area contributed by atoms with E-state index >= 15 is 0 Å². The molecular weight excluding hydrogens is 321 g/mol. The molecule has 0 spiro atoms. The van der Waals surface area contributed by atoms with Crippen LogP contribution in [0.15, 0.2) is 47.5 Å². The third-order valence-corrected chi connectivity index (χ3v) is 3.57. The van der Waals surface area contributed by atoms with Gasteiger partial charge < -0.3 is 14.8 Å². The van der Waals surface area contributed by atoms with Crippen molar-refractivity contribution >= 4 is 22.8 Å². The molecule has 4 nitrogen and oxygen atoms in total. The first-order chi connectivity index (χ1) is 11.4. The minimum Gasteiger partial charge on any atom is -0.497 e. The molecule has 1 heterocycles. The molecule has 3 rings (SSSR count). The van der Waals surface area contributed by atoms with Crippen molar-refractivity contribution in [2.45, 2.75) is 6.18 Å². The Morgan fingerprint density at radius 2 is 1.92 bits per heavy atom. The first-order valence-corrected chi connectivity index (χ1v) is 6.99. The summed E-state index contributed by atoms with van der Waals surface area (Å²) in [5.41, 5.74) is -0.139. The van der Waals surface area contributed by atoms with Gasteiger partial charge in [0.1, 0.15) is 5.75 Å². The van der Waals surface area contributed by atoms with Gasteiger partial charge in [0, 0.05) is 17.1 Å². The Morgan fingerprint density at radius 1 is 1.17 bits per heavy atom. The molecule has 124 valence electrons. The number of halogens is 3. The number of ether oxygens (including phenoxy) is 1. The Labute approximate surface area is 135 Å². The van der Waals surface area contributed by atoms with Crippen LogP contribution in [0.4, 0.5) is 18.9 Å². The van der Waals surface area contributed by atoms with Crippen LogP contribution in [0.3, 0.4) is 0 Å². The number of hydrogen-bond donors (Lipinski definition) is 2. The number of rotatable bonds is 3. The van der Waals surface area contributed by atoms with Crippen molar-refractivity contribution in [2.24, 2.45) is 4.99 Å². The first kappa shape index (κ1) is 15.9. The van der Waals surface area contributed by atoms with E-state index in [0.29, 0.717) is 22.2 Å². The Morgan fingerprint density at radius 3 is 2.62 bits per heavy atom. The highest BCUT2D eigenvalue weighted by molar-refractivity contribution is 6.03. The second-order valence-electron chi connectivity index (χ2n) is 5.07. The van der Waals surface area contributed by atoms with Gasteiger partial charge in [-0.05, 0) is 30.3 Å². The number of methoxy groups -OCH3 is 1. The van der Waals surface area contributed by atoms with E-state index in [9.17, 15) is 18.3 Å². The molecule has 1 aromatic heterocycles. The second kappa shape index (κ2) is 5.92. The third kappa shape index (κ3) is 2.92. The summed E-state index contributed by atoms with van der Waals surface area (Å²) in [4.78, 5) is 6.66. The van der Waals surface area contributed by atoms with Crippen LogP contribution in [-0.4, -0.2) is 23.4 Å². The predicted octanol–water partition coefficient (Wildman–Crippen LogP) is 4.65. The third-order valence-electron chi connectivity index (χ3n) is 3.57. The summed E-state index contributed by atoms with van der Waals surface area (Å²) in [7, 11) is 1.50. The number of para-hydroxylation sites is 1. The number of fused-ring (bicyclic) bond motifs is 1. The fourth-order valence-corrected chi connectivity index (χ4v) is 2.40. The molecule has 0 aliphatic heterocycles. The lowest BCUT2D eigenvalue weighted by Gasteiger charge is -2.08. The van der Waals surface area contributed by atoms with E-state index in [0.717, 1.165) is 6.07 Å². The molecule has 2 aromatic carbocycles. The van der Waals surface area contributed by atoms with E-state index in [2.05, 4.69) is 9.98 Å². The van der Waals surface area contributed by atoms with Gasteiger partial charge in [-0.3, -0.25) is 4.99 Å². The fourth-order valence-electron chi connectivity index (χ4n) is 2.40. The molecule has 0 radical (unpaired) electrons. The summed E-state index contributed by atoms with van der Waals surface area (Å²) in [5, 5.41) is 10.6. The normalized spacial score (nSPS) is 12.2. The summed E-state index contributed by atoms with van der Waals surface area (Å²) in [5.74, 6) is 0.387. The maximum atomic E-state index is 13.0. The maximum absolute atomic E-state index is 13.0. The lowest BCUT2D eigenvalue weighted by atomic mass is 10.1. The Bertz CT molecular complexity index is 914. The summed E-state index contributed by atoms with van der Waals surface area (Å²) in [6.07, 6.45) is -3.29. The average Bonchev–Trinajstić information content (AvgIpc) is 2.86. The van der Waals surface area contributed by atoms with Gasteiger partial charge in [0.15, 0.2) is 5.88 Å². The molecule has 0 unspecified atom stereocenters. The molecule has 3 aromatic rings. The van der Waals surface area contributed by atoms with E-state index in [1.54, 1.807) is 18.2 Å². The molecule has 0 amide bonds. The monoisotopic (exact) mass is 334 g/mol. The first-order valence-electron chi connectivity index (χ1n) is 6.99. The average molecular weight is 334 g/mol. The standard InChI is InChI=1S/C17H13F3N2O2/c1-24-10-6-7-14-11(8-10)12(16(23)22-14)9-21-15-5-3-2-4-13(15)17(18,19)20/h2-9,22-23H,1H3. The highest BCUT2D eigenvalue weighted by Gasteiger charge is 2.33. The van der Waals surface area contributed by atoms with Gasteiger partial charge in [-0.25, -0.2) is 0 Å². The Kier molecular flexibility index (Phi) is 3.92. The van der Waals surface area contributed by atoms with E-state index in [1.807, 2.05) is 0 Å². The number of H-pyrrole nitrogens is 1. The zero-order valence-electron chi connectivity index (χ0n) is 12.6. The molecule has 0 fully saturated rings. The van der Waals surface area contributed by atoms with Crippen molar-refractivity contribution in [3.8, 4) is 11.6 Å². The number of nitrogens with one attached hydrogen (secondary N) is 1. The lowest BCUT2D eigenvalue weighted by Crippen LogP contribution is -2.04. The molecule has 24 heavy (non-hydrogen) atoms. The van der Waals surface area contributed by atoms with Crippen LogP contribution in [0.2, 0.25) is 0 Å². The Hall–Kier alpha value is -2.96. The molecular formula is C17H13F3N2O2. The molecule has 2 N–H and O–H groups in total. The van der Waals surface area contributed by atoms with Crippen molar-refractivity contribution in [1.82, 2.24) is 4.98 Å². The van der Waals surface area contributed by atoms with Crippen molar-refractivity contribution in [1.29, 1.82) is 0 Å². The summed E-state index contributed by atoms with van der Waals surface area (Å²) in [6.45, 7) is 0. The van der Waals surface area contributed by atoms with Crippen LogP contribution in [0.5, 0.6) is 11.6 Å². The maximum Gasteiger partial charge on any atom is 0.418 e. The van der Waals surface area contributed by atoms with Gasteiger partial charge in [-0.2, -0.15) is 13.2 Å². The van der Waals surface area contributed by atoms with Crippen molar-refractivity contribution < 1.29 is 23.0 Å². The molecule has 0 saturated carbocycles. The summed E-state index contributed by atoms with van der Waals surface area (Å²) in [6, 6.07) is 10.1. The van der Waals surface area contributed by atoms with E-state index in [1.165, 1.54) is 31.5 Å². The van der Waals surface area contributed by atoms with E-state index < -0.39 is 11.7 Å². The number of alkyl halides is 3. The second-order valence-corrected chi connectivity index (χ2v) is 5.07. The van der Waals surface area contributed by atoms with Gasteiger partial charge >= 0.3 is 6.18 Å². The summed E-state index contributed by atoms with van der Waals surface area (Å²) >= 11 is 0. The number of aromatic amines is 1. The van der Waals surface area contributed by atoms with Crippen LogP contribution < -0.4 is 4.74 Å². The zero-order chi connectivity index (χ0) is 17.3. The zero-order valence-corrected chi connectivity index (χ0v) is 12.6. The van der Waals surface area contributed by atoms with Gasteiger partial charge in [0.25, 0.3) is 0 Å². The Balaban J connectivity index is 2.08. The topological polar surface area (TPSA) is 57.6 Å². The predicted molar refractivity (Wildman–Crippen MR) is 85.2 cm³/mol. The highest BCUT2D eigenvalue weighted by Crippen LogP contribution is 2.36. The number of aromatic nitrogens is 1. The quantitative estimate of drug-likeness (QED) is 0.685. The number of nitrogens with zero attached hydrogens (tertiary/aromatic N) is 1. The van der Waals surface area contributed by atoms with Gasteiger partial charge in [0.05, 0.1) is 23.9 Å². The number of hydrogen-bond acceptors (Lipinski definition) is 3. The summed E-state index contributed by atoms with van der Waals surface area (Å²) < 4.78 is 44.1. The molecule has 0 aliphatic rings. The van der Waals surface area contributed by atoms with Crippen LogP contribution in [-0.2, 0) is 6.18 Å². The number of aliphatic imine (C=N–C) groups is 1. The van der Waals surface area contributed by atoms with Crippen LogP contribution in [0.25, 0.3) is 10.9 Å². The van der Waals surface area contributed by atoms with E-state index in [4.69, 9.17) is 4.74 Å². The van der Waals surface area contributed by atoms with Crippen molar-refractivity contribution in [3.63, 3.8) is 0 Å². The van der Waals surface area contributed by atoms with Crippen LogP contribution in [0, 0.1) is 0 Å². The SMILES string of the molecule is COc1ccc2[nH]c(O)c(C=Nc3ccccc3C(F)(F)F)c2c1. The molecule has 0 saturated heterocycles. The largest absolute Gasteiger partial charge is 0.497 e. The molecule has 0 bridgehead atoms. The molecule has 0 aliphatic carbocycles. The minimum absolute atomic E-state index is 0.175.